The van der Waals surface area contributed by atoms with E-state index in [4.69, 9.17) is 0 Å². The summed E-state index contributed by atoms with van der Waals surface area (Å²) in [4.78, 5) is 11.9. The van der Waals surface area contributed by atoms with Crippen molar-refractivity contribution in [3.05, 3.63) is 53.9 Å². The molecule has 1 aromatic carbocycles. The number of rotatable bonds is 7. The number of aromatic nitrogens is 2. The fourth-order valence-corrected chi connectivity index (χ4v) is 2.50. The third kappa shape index (κ3) is 5.75. The maximum Gasteiger partial charge on any atom is 0.315 e. The van der Waals surface area contributed by atoms with E-state index in [1.165, 1.54) is 0 Å². The van der Waals surface area contributed by atoms with Crippen LogP contribution in [0.3, 0.4) is 0 Å². The summed E-state index contributed by atoms with van der Waals surface area (Å²) in [5.41, 5.74) is 2.06. The molecule has 124 valence electrons. The molecule has 2 aromatic rings. The van der Waals surface area contributed by atoms with Crippen LogP contribution in [0.15, 0.2) is 42.7 Å². The number of benzene rings is 1. The number of aliphatic hydroxyl groups is 1. The van der Waals surface area contributed by atoms with Crippen LogP contribution in [0.1, 0.15) is 30.4 Å². The van der Waals surface area contributed by atoms with Gasteiger partial charge >= 0.3 is 6.03 Å². The van der Waals surface area contributed by atoms with Crippen LogP contribution >= 0.6 is 0 Å². The maximum absolute atomic E-state index is 11.9. The van der Waals surface area contributed by atoms with Crippen molar-refractivity contribution in [2.75, 3.05) is 6.54 Å². The summed E-state index contributed by atoms with van der Waals surface area (Å²) in [6.07, 6.45) is 3.77. The average molecular weight is 316 g/mol. The quantitative estimate of drug-likeness (QED) is 0.728. The van der Waals surface area contributed by atoms with Gasteiger partial charge in [-0.1, -0.05) is 30.3 Å². The number of hydrogen-bond donors (Lipinski definition) is 3. The van der Waals surface area contributed by atoms with Gasteiger partial charge in [0, 0.05) is 37.8 Å². The van der Waals surface area contributed by atoms with E-state index in [-0.39, 0.29) is 11.9 Å². The fraction of sp³-hybridized carbons (Fsp3) is 0.412. The number of amides is 2. The molecule has 0 spiro atoms. The lowest BCUT2D eigenvalue weighted by atomic mass is 9.93. The first-order chi connectivity index (χ1) is 11.0. The van der Waals surface area contributed by atoms with Crippen LogP contribution in [0.2, 0.25) is 0 Å². The Labute approximate surface area is 136 Å². The lowest BCUT2D eigenvalue weighted by Crippen LogP contribution is -2.37. The van der Waals surface area contributed by atoms with Crippen LogP contribution in [0.5, 0.6) is 0 Å². The van der Waals surface area contributed by atoms with Crippen molar-refractivity contribution in [3.8, 4) is 0 Å². The first-order valence-corrected chi connectivity index (χ1v) is 7.77. The van der Waals surface area contributed by atoms with Gasteiger partial charge in [0.15, 0.2) is 0 Å². The number of hydrogen-bond acceptors (Lipinski definition) is 3. The molecule has 3 N–H and O–H groups in total. The molecule has 0 radical (unpaired) electrons. The second kappa shape index (κ2) is 8.33. The van der Waals surface area contributed by atoms with Gasteiger partial charge in [0.2, 0.25) is 0 Å². The topological polar surface area (TPSA) is 79.2 Å². The van der Waals surface area contributed by atoms with Crippen molar-refractivity contribution in [2.45, 2.75) is 31.9 Å². The molecule has 6 nitrogen and oxygen atoms in total. The molecule has 0 bridgehead atoms. The van der Waals surface area contributed by atoms with Crippen molar-refractivity contribution >= 4 is 6.03 Å². The van der Waals surface area contributed by atoms with Crippen LogP contribution in [0.25, 0.3) is 0 Å². The van der Waals surface area contributed by atoms with E-state index in [1.807, 2.05) is 43.6 Å². The smallest absolute Gasteiger partial charge is 0.315 e. The second-order valence-electron chi connectivity index (χ2n) is 5.78. The van der Waals surface area contributed by atoms with Crippen LogP contribution in [-0.2, 0) is 13.6 Å². The first kappa shape index (κ1) is 17.0. The Morgan fingerprint density at radius 2 is 2.04 bits per heavy atom. The average Bonchev–Trinajstić information content (AvgIpc) is 2.95. The minimum Gasteiger partial charge on any atom is -0.393 e. The van der Waals surface area contributed by atoms with E-state index in [9.17, 15) is 9.90 Å². The highest BCUT2D eigenvalue weighted by atomic mass is 16.3. The molecule has 0 aliphatic carbocycles. The monoisotopic (exact) mass is 316 g/mol. The SMILES string of the molecule is CC(O)CC(CNC(=O)NCc1cnn(C)c1)c1ccccc1. The molecule has 0 saturated carbocycles. The Morgan fingerprint density at radius 1 is 1.30 bits per heavy atom. The van der Waals surface area contributed by atoms with Crippen LogP contribution in [0.4, 0.5) is 4.79 Å². The van der Waals surface area contributed by atoms with Crippen molar-refractivity contribution < 1.29 is 9.90 Å². The standard InChI is InChI=1S/C17H24N4O2/c1-13(22)8-16(15-6-4-3-5-7-15)11-19-17(23)18-9-14-10-20-21(2)12-14/h3-7,10,12-13,16,22H,8-9,11H2,1-2H3,(H2,18,19,23). The van der Waals surface area contributed by atoms with E-state index in [0.29, 0.717) is 19.5 Å². The number of nitrogens with one attached hydrogen (secondary N) is 2. The van der Waals surface area contributed by atoms with Gasteiger partial charge in [-0.25, -0.2) is 4.79 Å². The minimum absolute atomic E-state index is 0.0836. The van der Waals surface area contributed by atoms with Gasteiger partial charge in [-0.2, -0.15) is 5.10 Å². The third-order valence-electron chi connectivity index (χ3n) is 3.62. The van der Waals surface area contributed by atoms with E-state index in [0.717, 1.165) is 11.1 Å². The van der Waals surface area contributed by atoms with E-state index >= 15 is 0 Å². The van der Waals surface area contributed by atoms with E-state index in [2.05, 4.69) is 15.7 Å². The highest BCUT2D eigenvalue weighted by Crippen LogP contribution is 2.20. The molecule has 1 aromatic heterocycles. The number of nitrogens with zero attached hydrogens (tertiary/aromatic N) is 2. The highest BCUT2D eigenvalue weighted by Gasteiger charge is 2.15. The first-order valence-electron chi connectivity index (χ1n) is 7.77. The molecule has 2 unspecified atom stereocenters. The largest absolute Gasteiger partial charge is 0.393 e. The molecule has 6 heteroatoms. The summed E-state index contributed by atoms with van der Waals surface area (Å²) in [6, 6.07) is 9.70. The van der Waals surface area contributed by atoms with Gasteiger partial charge in [0.05, 0.1) is 12.3 Å². The molecule has 1 heterocycles. The van der Waals surface area contributed by atoms with Crippen molar-refractivity contribution in [2.24, 2.45) is 7.05 Å². The van der Waals surface area contributed by atoms with Gasteiger partial charge < -0.3 is 15.7 Å². The summed E-state index contributed by atoms with van der Waals surface area (Å²) >= 11 is 0. The fourth-order valence-electron chi connectivity index (χ4n) is 2.50. The lowest BCUT2D eigenvalue weighted by Gasteiger charge is -2.19. The van der Waals surface area contributed by atoms with Crippen molar-refractivity contribution in [1.82, 2.24) is 20.4 Å². The Morgan fingerprint density at radius 3 is 2.65 bits per heavy atom. The molecule has 0 aliphatic rings. The van der Waals surface area contributed by atoms with Gasteiger partial charge in [-0.3, -0.25) is 4.68 Å². The van der Waals surface area contributed by atoms with Crippen LogP contribution < -0.4 is 10.6 Å². The molecule has 2 atom stereocenters. The van der Waals surface area contributed by atoms with Crippen molar-refractivity contribution in [1.29, 1.82) is 0 Å². The lowest BCUT2D eigenvalue weighted by molar-refractivity contribution is 0.173. The molecular formula is C17H24N4O2. The van der Waals surface area contributed by atoms with Gasteiger partial charge in [0.25, 0.3) is 0 Å². The molecule has 2 rings (SSSR count). The molecular weight excluding hydrogens is 292 g/mol. The predicted molar refractivity (Wildman–Crippen MR) is 88.9 cm³/mol. The Hall–Kier alpha value is -2.34. The highest BCUT2D eigenvalue weighted by molar-refractivity contribution is 5.73. The van der Waals surface area contributed by atoms with Gasteiger partial charge in [-0.15, -0.1) is 0 Å². The minimum atomic E-state index is -0.416. The maximum atomic E-state index is 11.9. The number of carbonyl (C=O) groups is 1. The Balaban J connectivity index is 1.84. The number of aryl methyl sites for hydroxylation is 1. The zero-order valence-electron chi connectivity index (χ0n) is 13.6. The van der Waals surface area contributed by atoms with Crippen LogP contribution in [0, 0.1) is 0 Å². The normalized spacial score (nSPS) is 13.3. The Kier molecular flexibility index (Phi) is 6.17. The summed E-state index contributed by atoms with van der Waals surface area (Å²) in [5, 5.41) is 19.4. The number of aliphatic hydroxyl groups excluding tert-OH is 1. The zero-order valence-corrected chi connectivity index (χ0v) is 13.6. The molecule has 0 fully saturated rings. The van der Waals surface area contributed by atoms with Crippen LogP contribution in [-0.4, -0.2) is 33.6 Å². The van der Waals surface area contributed by atoms with Gasteiger partial charge in [-0.05, 0) is 18.9 Å². The van der Waals surface area contributed by atoms with Crippen molar-refractivity contribution in [3.63, 3.8) is 0 Å². The summed E-state index contributed by atoms with van der Waals surface area (Å²) in [7, 11) is 1.84. The molecule has 23 heavy (non-hydrogen) atoms. The third-order valence-corrected chi connectivity index (χ3v) is 3.62. The molecule has 0 aliphatic heterocycles. The summed E-state index contributed by atoms with van der Waals surface area (Å²) < 4.78 is 1.70. The Bertz CT molecular complexity index is 610. The van der Waals surface area contributed by atoms with E-state index in [1.54, 1.807) is 17.8 Å². The summed E-state index contributed by atoms with van der Waals surface area (Å²) in [5.74, 6) is 0.0836. The second-order valence-corrected chi connectivity index (χ2v) is 5.78. The predicted octanol–water partition coefficient (Wildman–Crippen LogP) is 1.77. The number of urea groups is 1. The summed E-state index contributed by atoms with van der Waals surface area (Å²) in [6.45, 7) is 2.68. The molecule has 0 saturated heterocycles. The number of carbonyl (C=O) groups excluding carboxylic acids is 1. The zero-order chi connectivity index (χ0) is 16.7. The van der Waals surface area contributed by atoms with E-state index < -0.39 is 6.10 Å². The van der Waals surface area contributed by atoms with Gasteiger partial charge in [0.1, 0.15) is 0 Å². The molecule has 2 amide bonds.